The predicted octanol–water partition coefficient (Wildman–Crippen LogP) is -0.121. The molecular formula is C6H13NO2. The lowest BCUT2D eigenvalue weighted by molar-refractivity contribution is -0.131. The minimum atomic E-state index is -0.806. The normalized spacial score (nSPS) is 15.1. The van der Waals surface area contributed by atoms with Crippen LogP contribution in [-0.2, 0) is 4.79 Å². The van der Waals surface area contributed by atoms with Gasteiger partial charge in [0.05, 0.1) is 11.5 Å². The van der Waals surface area contributed by atoms with Crippen LogP contribution in [0.3, 0.4) is 0 Å². The molecule has 0 saturated heterocycles. The van der Waals surface area contributed by atoms with E-state index in [9.17, 15) is 4.79 Å². The van der Waals surface area contributed by atoms with Crippen LogP contribution >= 0.6 is 0 Å². The van der Waals surface area contributed by atoms with E-state index < -0.39 is 17.4 Å². The minimum absolute atomic E-state index is 0.475. The Morgan fingerprint density at radius 1 is 1.67 bits per heavy atom. The van der Waals surface area contributed by atoms with E-state index in [1.54, 1.807) is 20.8 Å². The van der Waals surface area contributed by atoms with Crippen LogP contribution in [0.15, 0.2) is 0 Å². The standard InChI is InChI=1S/C6H13NO2/c1-4(8)6(2,3)5(7)9/h4,8H,1-3H3,(H2,7,9). The summed E-state index contributed by atoms with van der Waals surface area (Å²) >= 11 is 0. The van der Waals surface area contributed by atoms with Crippen molar-refractivity contribution in [1.29, 1.82) is 0 Å². The molecule has 54 valence electrons. The highest BCUT2D eigenvalue weighted by molar-refractivity contribution is 5.80. The maximum atomic E-state index is 10.5. The van der Waals surface area contributed by atoms with E-state index in [0.29, 0.717) is 0 Å². The molecule has 0 rings (SSSR count). The van der Waals surface area contributed by atoms with Crippen LogP contribution in [0.25, 0.3) is 0 Å². The highest BCUT2D eigenvalue weighted by Crippen LogP contribution is 2.18. The summed E-state index contributed by atoms with van der Waals surface area (Å²) in [6.07, 6.45) is -0.685. The lowest BCUT2D eigenvalue weighted by atomic mass is 9.87. The van der Waals surface area contributed by atoms with Gasteiger partial charge < -0.3 is 10.8 Å². The summed E-state index contributed by atoms with van der Waals surface area (Å²) in [5, 5.41) is 8.95. The molecule has 0 fully saturated rings. The zero-order chi connectivity index (χ0) is 7.65. The molecule has 1 unspecified atom stereocenters. The molecule has 0 aliphatic rings. The Hall–Kier alpha value is -0.570. The van der Waals surface area contributed by atoms with Crippen LogP contribution in [0, 0.1) is 5.41 Å². The van der Waals surface area contributed by atoms with Gasteiger partial charge in [-0.2, -0.15) is 0 Å². The number of hydrogen-bond acceptors (Lipinski definition) is 2. The average molecular weight is 131 g/mol. The molecule has 0 saturated carbocycles. The summed E-state index contributed by atoms with van der Waals surface area (Å²) in [4.78, 5) is 10.5. The zero-order valence-electron chi connectivity index (χ0n) is 6.01. The van der Waals surface area contributed by atoms with Crippen LogP contribution in [0.1, 0.15) is 20.8 Å². The van der Waals surface area contributed by atoms with E-state index >= 15 is 0 Å². The Kier molecular flexibility index (Phi) is 2.20. The molecule has 0 aliphatic heterocycles. The maximum absolute atomic E-state index is 10.5. The van der Waals surface area contributed by atoms with E-state index in [1.165, 1.54) is 0 Å². The van der Waals surface area contributed by atoms with Crippen molar-refractivity contribution >= 4 is 5.91 Å². The first-order chi connectivity index (χ1) is 3.89. The van der Waals surface area contributed by atoms with Crippen LogP contribution in [0.5, 0.6) is 0 Å². The van der Waals surface area contributed by atoms with Gasteiger partial charge in [-0.25, -0.2) is 0 Å². The second-order valence-corrected chi connectivity index (χ2v) is 2.76. The van der Waals surface area contributed by atoms with Gasteiger partial charge in [0.15, 0.2) is 0 Å². The number of hydrogen-bond donors (Lipinski definition) is 2. The van der Waals surface area contributed by atoms with E-state index in [2.05, 4.69) is 0 Å². The fourth-order valence-corrected chi connectivity index (χ4v) is 0.206. The third-order valence-corrected chi connectivity index (χ3v) is 1.68. The van der Waals surface area contributed by atoms with Crippen LogP contribution in [0.2, 0.25) is 0 Å². The lowest BCUT2D eigenvalue weighted by Gasteiger charge is -2.23. The van der Waals surface area contributed by atoms with E-state index in [0.717, 1.165) is 0 Å². The first kappa shape index (κ1) is 8.43. The molecule has 1 atom stereocenters. The number of carbonyl (C=O) groups is 1. The van der Waals surface area contributed by atoms with Crippen molar-refractivity contribution < 1.29 is 9.90 Å². The highest BCUT2D eigenvalue weighted by Gasteiger charge is 2.30. The van der Waals surface area contributed by atoms with Gasteiger partial charge in [-0.05, 0) is 20.8 Å². The van der Waals surface area contributed by atoms with E-state index in [1.807, 2.05) is 0 Å². The van der Waals surface area contributed by atoms with E-state index in [4.69, 9.17) is 10.8 Å². The number of amides is 1. The first-order valence-corrected chi connectivity index (χ1v) is 2.87. The SMILES string of the molecule is CC(O)C(C)(C)C(N)=O. The fourth-order valence-electron chi connectivity index (χ4n) is 0.206. The monoisotopic (exact) mass is 131 g/mol. The van der Waals surface area contributed by atoms with Crippen molar-refractivity contribution in [2.75, 3.05) is 0 Å². The lowest BCUT2D eigenvalue weighted by Crippen LogP contribution is -2.40. The van der Waals surface area contributed by atoms with Crippen molar-refractivity contribution in [1.82, 2.24) is 0 Å². The molecule has 0 aromatic carbocycles. The predicted molar refractivity (Wildman–Crippen MR) is 34.7 cm³/mol. The molecule has 9 heavy (non-hydrogen) atoms. The second-order valence-electron chi connectivity index (χ2n) is 2.76. The molecule has 3 nitrogen and oxygen atoms in total. The topological polar surface area (TPSA) is 63.3 Å². The Labute approximate surface area is 54.9 Å². The third-order valence-electron chi connectivity index (χ3n) is 1.68. The summed E-state index contributed by atoms with van der Waals surface area (Å²) in [5.41, 5.74) is 4.17. The fraction of sp³-hybridized carbons (Fsp3) is 0.833. The molecular weight excluding hydrogens is 118 g/mol. The molecule has 0 aromatic rings. The summed E-state index contributed by atoms with van der Waals surface area (Å²) in [7, 11) is 0. The molecule has 0 bridgehead atoms. The van der Waals surface area contributed by atoms with Crippen molar-refractivity contribution in [3.8, 4) is 0 Å². The number of primary amides is 1. The van der Waals surface area contributed by atoms with Crippen molar-refractivity contribution in [3.05, 3.63) is 0 Å². The summed E-state index contributed by atoms with van der Waals surface area (Å²) in [5.74, 6) is -0.475. The van der Waals surface area contributed by atoms with Crippen LogP contribution in [-0.4, -0.2) is 17.1 Å². The number of rotatable bonds is 2. The highest BCUT2D eigenvalue weighted by atomic mass is 16.3. The Balaban J connectivity index is 4.19. The van der Waals surface area contributed by atoms with Gasteiger partial charge in [-0.15, -0.1) is 0 Å². The van der Waals surface area contributed by atoms with Gasteiger partial charge >= 0.3 is 0 Å². The Morgan fingerprint density at radius 3 is 2.00 bits per heavy atom. The number of carbonyl (C=O) groups excluding carboxylic acids is 1. The van der Waals surface area contributed by atoms with Gasteiger partial charge in [0.1, 0.15) is 0 Å². The molecule has 1 amide bonds. The quantitative estimate of drug-likeness (QED) is 0.548. The first-order valence-electron chi connectivity index (χ1n) is 2.87. The molecule has 3 N–H and O–H groups in total. The van der Waals surface area contributed by atoms with Crippen LogP contribution in [0.4, 0.5) is 0 Å². The van der Waals surface area contributed by atoms with Crippen molar-refractivity contribution in [2.45, 2.75) is 26.9 Å². The van der Waals surface area contributed by atoms with Gasteiger partial charge in [0.25, 0.3) is 0 Å². The van der Waals surface area contributed by atoms with Crippen LogP contribution < -0.4 is 5.73 Å². The van der Waals surface area contributed by atoms with Gasteiger partial charge in [-0.1, -0.05) is 0 Å². The largest absolute Gasteiger partial charge is 0.392 e. The number of aliphatic hydroxyl groups is 1. The molecule has 0 aliphatic carbocycles. The molecule has 0 heterocycles. The molecule has 0 spiro atoms. The average Bonchev–Trinajstić information content (AvgIpc) is 1.65. The second kappa shape index (κ2) is 2.35. The zero-order valence-corrected chi connectivity index (χ0v) is 6.01. The smallest absolute Gasteiger partial charge is 0.225 e. The van der Waals surface area contributed by atoms with Gasteiger partial charge in [0, 0.05) is 0 Å². The van der Waals surface area contributed by atoms with Crippen molar-refractivity contribution in [3.63, 3.8) is 0 Å². The minimum Gasteiger partial charge on any atom is -0.392 e. The molecule has 0 aromatic heterocycles. The Morgan fingerprint density at radius 2 is 2.00 bits per heavy atom. The summed E-state index contributed by atoms with van der Waals surface area (Å²) in [6, 6.07) is 0. The Bertz CT molecular complexity index is 118. The maximum Gasteiger partial charge on any atom is 0.225 e. The summed E-state index contributed by atoms with van der Waals surface area (Å²) in [6.45, 7) is 4.77. The molecule has 3 heteroatoms. The number of aliphatic hydroxyl groups excluding tert-OH is 1. The van der Waals surface area contributed by atoms with Crippen molar-refractivity contribution in [2.24, 2.45) is 11.1 Å². The summed E-state index contributed by atoms with van der Waals surface area (Å²) < 4.78 is 0. The number of nitrogens with two attached hydrogens (primary N) is 1. The third kappa shape index (κ3) is 1.68. The van der Waals surface area contributed by atoms with Gasteiger partial charge in [-0.3, -0.25) is 4.79 Å². The van der Waals surface area contributed by atoms with Gasteiger partial charge in [0.2, 0.25) is 5.91 Å². The van der Waals surface area contributed by atoms with E-state index in [-0.39, 0.29) is 0 Å². The molecule has 0 radical (unpaired) electrons.